The van der Waals surface area contributed by atoms with Crippen molar-refractivity contribution in [3.63, 3.8) is 0 Å². The molecule has 45 valence electrons. The fourth-order valence-electron chi connectivity index (χ4n) is 0.278. The minimum absolute atomic E-state index is 0.213. The van der Waals surface area contributed by atoms with E-state index in [1.54, 1.807) is 0 Å². The number of hydrogen-bond donors (Lipinski definition) is 1. The van der Waals surface area contributed by atoms with Gasteiger partial charge in [-0.2, -0.15) is 0 Å². The molecule has 0 aromatic carbocycles. The average Bonchev–Trinajstić information content (AvgIpc) is 1.84. The van der Waals surface area contributed by atoms with E-state index in [9.17, 15) is 4.79 Å². The zero-order valence-corrected chi connectivity index (χ0v) is 4.63. The monoisotopic (exact) mass is 113 g/mol. The lowest BCUT2D eigenvalue weighted by atomic mass is 10.2. The van der Waals surface area contributed by atoms with Gasteiger partial charge in [0.2, 0.25) is 0 Å². The predicted molar refractivity (Wildman–Crippen MR) is 31.2 cm³/mol. The molecule has 0 bridgehead atoms. The molecule has 0 aliphatic carbocycles. The van der Waals surface area contributed by atoms with Gasteiger partial charge in [0.25, 0.3) is 0 Å². The topological polar surface area (TPSA) is 37.3 Å². The SMILES string of the molecule is [CH2]CC(O)C(=O)C=C. The van der Waals surface area contributed by atoms with E-state index in [1.165, 1.54) is 0 Å². The summed E-state index contributed by atoms with van der Waals surface area (Å²) in [7, 11) is 0. The van der Waals surface area contributed by atoms with Crippen LogP contribution in [0.1, 0.15) is 6.42 Å². The predicted octanol–water partition coefficient (Wildman–Crippen LogP) is 0.327. The molecule has 2 nitrogen and oxygen atoms in total. The van der Waals surface area contributed by atoms with Crippen molar-refractivity contribution in [2.45, 2.75) is 12.5 Å². The van der Waals surface area contributed by atoms with Gasteiger partial charge >= 0.3 is 0 Å². The first-order valence-corrected chi connectivity index (χ1v) is 2.36. The van der Waals surface area contributed by atoms with Crippen molar-refractivity contribution < 1.29 is 9.90 Å². The summed E-state index contributed by atoms with van der Waals surface area (Å²) in [5.74, 6) is -0.361. The molecule has 0 amide bonds. The first kappa shape index (κ1) is 7.37. The second kappa shape index (κ2) is 3.38. The Hall–Kier alpha value is -0.630. The molecule has 0 rings (SSSR count). The first-order chi connectivity index (χ1) is 3.72. The Kier molecular flexibility index (Phi) is 3.12. The van der Waals surface area contributed by atoms with E-state index in [0.717, 1.165) is 6.08 Å². The Labute approximate surface area is 48.8 Å². The van der Waals surface area contributed by atoms with Gasteiger partial charge in [-0.15, -0.1) is 0 Å². The molecule has 1 radical (unpaired) electrons. The van der Waals surface area contributed by atoms with Crippen molar-refractivity contribution in [2.75, 3.05) is 0 Å². The van der Waals surface area contributed by atoms with E-state index in [0.29, 0.717) is 0 Å². The number of aliphatic hydroxyl groups excluding tert-OH is 1. The standard InChI is InChI=1S/C6H9O2/c1-3-5(7)6(8)4-2/h3,6,8H,1-2,4H2. The molecule has 0 aromatic heterocycles. The third-order valence-corrected chi connectivity index (χ3v) is 0.803. The van der Waals surface area contributed by atoms with Crippen molar-refractivity contribution in [3.05, 3.63) is 19.6 Å². The van der Waals surface area contributed by atoms with Gasteiger partial charge in [-0.1, -0.05) is 13.5 Å². The third-order valence-electron chi connectivity index (χ3n) is 0.803. The van der Waals surface area contributed by atoms with E-state index >= 15 is 0 Å². The van der Waals surface area contributed by atoms with Gasteiger partial charge < -0.3 is 5.11 Å². The molecule has 0 saturated carbocycles. The van der Waals surface area contributed by atoms with Gasteiger partial charge in [0.15, 0.2) is 5.78 Å². The van der Waals surface area contributed by atoms with Crippen LogP contribution in [0.15, 0.2) is 12.7 Å². The highest BCUT2D eigenvalue weighted by Gasteiger charge is 2.06. The Morgan fingerprint density at radius 3 is 2.50 bits per heavy atom. The van der Waals surface area contributed by atoms with Gasteiger partial charge in [0.1, 0.15) is 6.10 Å². The minimum Gasteiger partial charge on any atom is -0.385 e. The highest BCUT2D eigenvalue weighted by atomic mass is 16.3. The summed E-state index contributed by atoms with van der Waals surface area (Å²) in [5.41, 5.74) is 0. The van der Waals surface area contributed by atoms with Crippen molar-refractivity contribution in [1.82, 2.24) is 0 Å². The highest BCUT2D eigenvalue weighted by Crippen LogP contribution is 1.90. The first-order valence-electron chi connectivity index (χ1n) is 2.36. The molecular formula is C6H9O2. The van der Waals surface area contributed by atoms with Crippen molar-refractivity contribution in [2.24, 2.45) is 0 Å². The molecule has 0 aliphatic rings. The van der Waals surface area contributed by atoms with Crippen LogP contribution in [-0.2, 0) is 4.79 Å². The number of rotatable bonds is 3. The van der Waals surface area contributed by atoms with E-state index in [4.69, 9.17) is 5.11 Å². The largest absolute Gasteiger partial charge is 0.385 e. The second-order valence-corrected chi connectivity index (χ2v) is 1.41. The lowest BCUT2D eigenvalue weighted by molar-refractivity contribution is -0.122. The molecule has 0 aromatic rings. The summed E-state index contributed by atoms with van der Waals surface area (Å²) in [6.45, 7) is 6.53. The van der Waals surface area contributed by atoms with Crippen LogP contribution in [0.2, 0.25) is 0 Å². The Morgan fingerprint density at radius 1 is 1.88 bits per heavy atom. The van der Waals surface area contributed by atoms with Crippen LogP contribution in [0.25, 0.3) is 0 Å². The zero-order chi connectivity index (χ0) is 6.57. The molecule has 2 heteroatoms. The lowest BCUT2D eigenvalue weighted by Crippen LogP contribution is -2.15. The van der Waals surface area contributed by atoms with Gasteiger partial charge in [0.05, 0.1) is 0 Å². The maximum atomic E-state index is 10.3. The van der Waals surface area contributed by atoms with E-state index in [-0.39, 0.29) is 12.2 Å². The second-order valence-electron chi connectivity index (χ2n) is 1.41. The van der Waals surface area contributed by atoms with E-state index in [2.05, 4.69) is 13.5 Å². The van der Waals surface area contributed by atoms with Crippen LogP contribution in [0.5, 0.6) is 0 Å². The molecule has 1 atom stereocenters. The third kappa shape index (κ3) is 1.89. The summed E-state index contributed by atoms with van der Waals surface area (Å²) < 4.78 is 0. The fourth-order valence-corrected chi connectivity index (χ4v) is 0.278. The number of hydrogen-bond acceptors (Lipinski definition) is 2. The molecular weight excluding hydrogens is 104 g/mol. The maximum Gasteiger partial charge on any atom is 0.183 e. The summed E-state index contributed by atoms with van der Waals surface area (Å²) in [6.07, 6.45) is 0.355. The Morgan fingerprint density at radius 2 is 2.38 bits per heavy atom. The van der Waals surface area contributed by atoms with Crippen LogP contribution in [-0.4, -0.2) is 17.0 Å². The quantitative estimate of drug-likeness (QED) is 0.535. The van der Waals surface area contributed by atoms with Crippen LogP contribution >= 0.6 is 0 Å². The number of aliphatic hydroxyl groups is 1. The summed E-state index contributed by atoms with van der Waals surface area (Å²) in [5, 5.41) is 8.64. The summed E-state index contributed by atoms with van der Waals surface area (Å²) >= 11 is 0. The number of carbonyl (C=O) groups is 1. The summed E-state index contributed by atoms with van der Waals surface area (Å²) in [4.78, 5) is 10.3. The maximum absolute atomic E-state index is 10.3. The Balaban J connectivity index is 3.62. The van der Waals surface area contributed by atoms with Crippen LogP contribution in [0.3, 0.4) is 0 Å². The van der Waals surface area contributed by atoms with Crippen molar-refractivity contribution in [1.29, 1.82) is 0 Å². The van der Waals surface area contributed by atoms with Gasteiger partial charge in [0, 0.05) is 0 Å². The number of ketones is 1. The molecule has 1 N–H and O–H groups in total. The van der Waals surface area contributed by atoms with E-state index in [1.807, 2.05) is 0 Å². The van der Waals surface area contributed by atoms with Crippen LogP contribution in [0, 0.1) is 6.92 Å². The van der Waals surface area contributed by atoms with Gasteiger partial charge in [-0.05, 0) is 12.5 Å². The zero-order valence-electron chi connectivity index (χ0n) is 4.63. The number of carbonyl (C=O) groups excluding carboxylic acids is 1. The van der Waals surface area contributed by atoms with Crippen molar-refractivity contribution in [3.8, 4) is 0 Å². The molecule has 0 spiro atoms. The van der Waals surface area contributed by atoms with Crippen LogP contribution < -0.4 is 0 Å². The Bertz CT molecular complexity index is 96.7. The highest BCUT2D eigenvalue weighted by molar-refractivity contribution is 5.92. The molecule has 0 heterocycles. The molecule has 0 aliphatic heterocycles. The minimum atomic E-state index is -0.951. The molecule has 1 unspecified atom stereocenters. The van der Waals surface area contributed by atoms with Crippen LogP contribution in [0.4, 0.5) is 0 Å². The molecule has 0 saturated heterocycles. The lowest BCUT2D eigenvalue weighted by Gasteiger charge is -1.98. The summed E-state index contributed by atoms with van der Waals surface area (Å²) in [6, 6.07) is 0. The van der Waals surface area contributed by atoms with Gasteiger partial charge in [-0.25, -0.2) is 0 Å². The molecule has 0 fully saturated rings. The molecule has 8 heavy (non-hydrogen) atoms. The average molecular weight is 113 g/mol. The smallest absolute Gasteiger partial charge is 0.183 e. The fraction of sp³-hybridized carbons (Fsp3) is 0.333. The van der Waals surface area contributed by atoms with Crippen molar-refractivity contribution >= 4 is 5.78 Å². The van der Waals surface area contributed by atoms with Gasteiger partial charge in [-0.3, -0.25) is 4.79 Å². The van der Waals surface area contributed by atoms with E-state index < -0.39 is 6.10 Å². The normalized spacial score (nSPS) is 12.8.